The molecule has 0 aliphatic heterocycles. The molecular weight excluding hydrogens is 404 g/mol. The molecule has 0 spiro atoms. The van der Waals surface area contributed by atoms with Gasteiger partial charge < -0.3 is 19.2 Å². The molecule has 4 aromatic rings. The lowest BCUT2D eigenvalue weighted by molar-refractivity contribution is 0.0366. The number of aromatic amines is 1. The van der Waals surface area contributed by atoms with Crippen LogP contribution in [0.1, 0.15) is 29.9 Å². The third kappa shape index (κ3) is 3.84. The van der Waals surface area contributed by atoms with E-state index in [2.05, 4.69) is 9.97 Å². The van der Waals surface area contributed by atoms with E-state index in [1.165, 1.54) is 0 Å². The Hall–Kier alpha value is -3.09. The van der Waals surface area contributed by atoms with Crippen molar-refractivity contribution in [1.82, 2.24) is 9.97 Å². The van der Waals surface area contributed by atoms with Crippen LogP contribution in [0.2, 0.25) is 5.02 Å². The van der Waals surface area contributed by atoms with Crippen LogP contribution in [0.15, 0.2) is 48.7 Å². The molecule has 0 bridgehead atoms. The lowest BCUT2D eigenvalue weighted by Crippen LogP contribution is -2.15. The highest BCUT2D eigenvalue weighted by atomic mass is 35.5. The predicted molar refractivity (Wildman–Crippen MR) is 116 cm³/mol. The molecule has 2 aromatic carbocycles. The first-order valence-corrected chi connectivity index (χ1v) is 9.91. The molecule has 154 valence electrons. The molecule has 2 heterocycles. The Morgan fingerprint density at radius 1 is 1.17 bits per heavy atom. The zero-order valence-corrected chi connectivity index (χ0v) is 17.6. The number of rotatable bonds is 6. The Morgan fingerprint density at radius 3 is 2.70 bits per heavy atom. The van der Waals surface area contributed by atoms with Gasteiger partial charge >= 0.3 is 5.97 Å². The number of methoxy groups -OCH3 is 1. The molecule has 0 aliphatic carbocycles. The molecule has 0 aliphatic rings. The molecule has 0 saturated carbocycles. The number of nitrogens with one attached hydrogen (secondary N) is 1. The number of carbonyl (C=O) groups is 1. The second kappa shape index (κ2) is 8.34. The topological polar surface area (TPSA) is 73.4 Å². The fourth-order valence-corrected chi connectivity index (χ4v) is 3.56. The molecule has 0 amide bonds. The SMILES string of the molecule is COCc1c(C(=O)OC(C)C)ncc2[nH]c3ccc(Oc4ccccc4Cl)cc3c12. The van der Waals surface area contributed by atoms with Crippen LogP contribution in [-0.2, 0) is 16.1 Å². The fraction of sp³-hybridized carbons (Fsp3) is 0.217. The van der Waals surface area contributed by atoms with Crippen LogP contribution in [-0.4, -0.2) is 29.2 Å². The minimum atomic E-state index is -0.475. The van der Waals surface area contributed by atoms with Gasteiger partial charge in [-0.3, -0.25) is 0 Å². The third-order valence-electron chi connectivity index (χ3n) is 4.60. The second-order valence-corrected chi connectivity index (χ2v) is 7.53. The Bertz CT molecular complexity index is 1230. The van der Waals surface area contributed by atoms with Crippen molar-refractivity contribution in [2.24, 2.45) is 0 Å². The summed E-state index contributed by atoms with van der Waals surface area (Å²) in [4.78, 5) is 20.3. The Balaban J connectivity index is 1.86. The maximum Gasteiger partial charge on any atom is 0.357 e. The van der Waals surface area contributed by atoms with E-state index in [4.69, 9.17) is 25.8 Å². The number of nitrogens with zero attached hydrogens (tertiary/aromatic N) is 1. The summed E-state index contributed by atoms with van der Waals surface area (Å²) in [7, 11) is 1.58. The summed E-state index contributed by atoms with van der Waals surface area (Å²) in [5.41, 5.74) is 2.61. The normalized spacial score (nSPS) is 11.4. The highest BCUT2D eigenvalue weighted by molar-refractivity contribution is 6.32. The maximum absolute atomic E-state index is 12.6. The van der Waals surface area contributed by atoms with E-state index in [0.29, 0.717) is 22.1 Å². The van der Waals surface area contributed by atoms with Gasteiger partial charge in [0.05, 0.1) is 29.4 Å². The number of para-hydroxylation sites is 1. The zero-order valence-electron chi connectivity index (χ0n) is 16.9. The van der Waals surface area contributed by atoms with Crippen LogP contribution in [0, 0.1) is 0 Å². The average Bonchev–Trinajstić information content (AvgIpc) is 3.08. The van der Waals surface area contributed by atoms with E-state index in [9.17, 15) is 4.79 Å². The van der Waals surface area contributed by atoms with Crippen molar-refractivity contribution in [2.75, 3.05) is 7.11 Å². The Labute approximate surface area is 178 Å². The van der Waals surface area contributed by atoms with Gasteiger partial charge in [0, 0.05) is 29.0 Å². The minimum absolute atomic E-state index is 0.218. The summed E-state index contributed by atoms with van der Waals surface area (Å²) < 4.78 is 16.7. The number of benzene rings is 2. The molecular formula is C23H21ClN2O4. The number of pyridine rings is 1. The summed E-state index contributed by atoms with van der Waals surface area (Å²) in [5, 5.41) is 2.27. The lowest BCUT2D eigenvalue weighted by atomic mass is 10.1. The van der Waals surface area contributed by atoms with Crippen LogP contribution in [0.3, 0.4) is 0 Å². The van der Waals surface area contributed by atoms with Crippen molar-refractivity contribution in [1.29, 1.82) is 0 Å². The van der Waals surface area contributed by atoms with Crippen LogP contribution < -0.4 is 4.74 Å². The van der Waals surface area contributed by atoms with Crippen LogP contribution in [0.25, 0.3) is 21.8 Å². The largest absolute Gasteiger partial charge is 0.458 e. The third-order valence-corrected chi connectivity index (χ3v) is 4.91. The molecule has 0 atom stereocenters. The summed E-state index contributed by atoms with van der Waals surface area (Å²) in [6.45, 7) is 3.82. The monoisotopic (exact) mass is 424 g/mol. The summed E-state index contributed by atoms with van der Waals surface area (Å²) in [6.07, 6.45) is 1.39. The molecule has 1 N–H and O–H groups in total. The van der Waals surface area contributed by atoms with Gasteiger partial charge in [0.25, 0.3) is 0 Å². The van der Waals surface area contributed by atoms with Gasteiger partial charge in [0.15, 0.2) is 5.69 Å². The van der Waals surface area contributed by atoms with E-state index in [1.54, 1.807) is 33.2 Å². The molecule has 0 saturated heterocycles. The number of fused-ring (bicyclic) bond motifs is 3. The average molecular weight is 425 g/mol. The van der Waals surface area contributed by atoms with Gasteiger partial charge in [-0.2, -0.15) is 0 Å². The Kier molecular flexibility index (Phi) is 5.61. The van der Waals surface area contributed by atoms with Crippen molar-refractivity contribution < 1.29 is 19.0 Å². The van der Waals surface area contributed by atoms with E-state index >= 15 is 0 Å². The molecule has 6 nitrogen and oxygen atoms in total. The number of ether oxygens (including phenoxy) is 3. The minimum Gasteiger partial charge on any atom is -0.458 e. The van der Waals surface area contributed by atoms with Crippen molar-refractivity contribution in [3.8, 4) is 11.5 Å². The van der Waals surface area contributed by atoms with Crippen LogP contribution in [0.4, 0.5) is 0 Å². The number of esters is 1. The van der Waals surface area contributed by atoms with Crippen LogP contribution >= 0.6 is 11.6 Å². The number of halogens is 1. The molecule has 2 aromatic heterocycles. The molecule has 4 rings (SSSR count). The number of carbonyl (C=O) groups excluding carboxylic acids is 1. The van der Waals surface area contributed by atoms with E-state index in [1.807, 2.05) is 36.4 Å². The van der Waals surface area contributed by atoms with Gasteiger partial charge in [-0.05, 0) is 44.2 Å². The molecule has 7 heteroatoms. The number of H-pyrrole nitrogens is 1. The van der Waals surface area contributed by atoms with E-state index < -0.39 is 5.97 Å². The smallest absolute Gasteiger partial charge is 0.357 e. The van der Waals surface area contributed by atoms with Gasteiger partial charge in [0.2, 0.25) is 0 Å². The van der Waals surface area contributed by atoms with Gasteiger partial charge in [0.1, 0.15) is 11.5 Å². The van der Waals surface area contributed by atoms with Crippen LogP contribution in [0.5, 0.6) is 11.5 Å². The lowest BCUT2D eigenvalue weighted by Gasteiger charge is -2.12. The first-order chi connectivity index (χ1) is 14.5. The quantitative estimate of drug-likeness (QED) is 0.391. The summed E-state index contributed by atoms with van der Waals surface area (Å²) in [5.74, 6) is 0.720. The molecule has 30 heavy (non-hydrogen) atoms. The molecule has 0 radical (unpaired) electrons. The maximum atomic E-state index is 12.6. The molecule has 0 fully saturated rings. The van der Waals surface area contributed by atoms with Crippen molar-refractivity contribution in [2.45, 2.75) is 26.6 Å². The predicted octanol–water partition coefficient (Wildman–Crippen LogP) is 5.87. The first kappa shape index (κ1) is 20.2. The summed E-state index contributed by atoms with van der Waals surface area (Å²) in [6, 6.07) is 13.0. The van der Waals surface area contributed by atoms with Crippen molar-refractivity contribution in [3.05, 3.63) is 64.9 Å². The zero-order chi connectivity index (χ0) is 21.3. The summed E-state index contributed by atoms with van der Waals surface area (Å²) >= 11 is 6.22. The van der Waals surface area contributed by atoms with E-state index in [-0.39, 0.29) is 18.4 Å². The number of hydrogen-bond acceptors (Lipinski definition) is 5. The second-order valence-electron chi connectivity index (χ2n) is 7.13. The number of hydrogen-bond donors (Lipinski definition) is 1. The highest BCUT2D eigenvalue weighted by Gasteiger charge is 2.21. The Morgan fingerprint density at radius 2 is 1.97 bits per heavy atom. The standard InChI is InChI=1S/C23H21ClN2O4/c1-13(2)29-23(27)22-16(12-28-3)21-15-10-14(30-20-7-5-4-6-17(20)24)8-9-18(15)26-19(21)11-25-22/h4-11,13,26H,12H2,1-3H3. The highest BCUT2D eigenvalue weighted by Crippen LogP contribution is 2.35. The fourth-order valence-electron chi connectivity index (χ4n) is 3.39. The van der Waals surface area contributed by atoms with Crippen molar-refractivity contribution in [3.63, 3.8) is 0 Å². The van der Waals surface area contributed by atoms with Gasteiger partial charge in [-0.15, -0.1) is 0 Å². The first-order valence-electron chi connectivity index (χ1n) is 9.53. The van der Waals surface area contributed by atoms with Crippen molar-refractivity contribution >= 4 is 39.4 Å². The van der Waals surface area contributed by atoms with Gasteiger partial charge in [-0.25, -0.2) is 9.78 Å². The molecule has 0 unspecified atom stereocenters. The number of aromatic nitrogens is 2. The van der Waals surface area contributed by atoms with Gasteiger partial charge in [-0.1, -0.05) is 23.7 Å². The van der Waals surface area contributed by atoms with E-state index in [0.717, 1.165) is 21.8 Å².